The molecular formula is C9H11N3O4. The molecule has 0 saturated heterocycles. The third-order valence-corrected chi connectivity index (χ3v) is 1.60. The maximum atomic E-state index is 11.3. The lowest BCUT2D eigenvalue weighted by atomic mass is 10.3. The molecular weight excluding hydrogens is 214 g/mol. The highest BCUT2D eigenvalue weighted by Crippen LogP contribution is 1.99. The average molecular weight is 225 g/mol. The Balaban J connectivity index is 2.86. The SMILES string of the molecule is CONC(=O)c1cccc(C(=O)NOC)n1. The van der Waals surface area contributed by atoms with E-state index in [0.29, 0.717) is 0 Å². The van der Waals surface area contributed by atoms with E-state index < -0.39 is 11.8 Å². The first-order valence-electron chi connectivity index (χ1n) is 4.32. The first kappa shape index (κ1) is 12.1. The molecule has 0 aromatic carbocycles. The van der Waals surface area contributed by atoms with Gasteiger partial charge in [0.15, 0.2) is 0 Å². The van der Waals surface area contributed by atoms with Crippen LogP contribution in [-0.4, -0.2) is 31.0 Å². The van der Waals surface area contributed by atoms with Gasteiger partial charge in [-0.25, -0.2) is 15.9 Å². The minimum Gasteiger partial charge on any atom is -0.277 e. The van der Waals surface area contributed by atoms with Crippen molar-refractivity contribution in [3.8, 4) is 0 Å². The first-order valence-corrected chi connectivity index (χ1v) is 4.32. The first-order chi connectivity index (χ1) is 7.69. The Labute approximate surface area is 91.7 Å². The third kappa shape index (κ3) is 3.01. The van der Waals surface area contributed by atoms with Crippen molar-refractivity contribution in [3.63, 3.8) is 0 Å². The highest BCUT2D eigenvalue weighted by Gasteiger charge is 2.11. The summed E-state index contributed by atoms with van der Waals surface area (Å²) in [5.41, 5.74) is 4.34. The van der Waals surface area contributed by atoms with Crippen LogP contribution in [0.2, 0.25) is 0 Å². The molecule has 7 nitrogen and oxygen atoms in total. The minimum atomic E-state index is -0.533. The molecule has 0 aliphatic heterocycles. The molecule has 0 saturated carbocycles. The Hall–Kier alpha value is -1.99. The summed E-state index contributed by atoms with van der Waals surface area (Å²) in [4.78, 5) is 35.3. The maximum absolute atomic E-state index is 11.3. The van der Waals surface area contributed by atoms with Crippen LogP contribution in [0.25, 0.3) is 0 Å². The predicted octanol–water partition coefficient (Wildman–Crippen LogP) is -0.336. The van der Waals surface area contributed by atoms with Crippen molar-refractivity contribution in [2.75, 3.05) is 14.2 Å². The number of nitrogens with zero attached hydrogens (tertiary/aromatic N) is 1. The van der Waals surface area contributed by atoms with Crippen molar-refractivity contribution in [2.45, 2.75) is 0 Å². The second kappa shape index (κ2) is 5.79. The zero-order valence-electron chi connectivity index (χ0n) is 8.81. The van der Waals surface area contributed by atoms with Crippen LogP contribution in [0.4, 0.5) is 0 Å². The monoisotopic (exact) mass is 225 g/mol. The molecule has 0 radical (unpaired) electrons. The molecule has 2 N–H and O–H groups in total. The van der Waals surface area contributed by atoms with Gasteiger partial charge in [0, 0.05) is 0 Å². The van der Waals surface area contributed by atoms with Crippen LogP contribution in [0, 0.1) is 0 Å². The average Bonchev–Trinajstić information content (AvgIpc) is 2.30. The van der Waals surface area contributed by atoms with Gasteiger partial charge in [-0.1, -0.05) is 6.07 Å². The summed E-state index contributed by atoms with van der Waals surface area (Å²) in [5, 5.41) is 0. The number of hydrogen-bond acceptors (Lipinski definition) is 5. The van der Waals surface area contributed by atoms with Gasteiger partial charge in [0.25, 0.3) is 11.8 Å². The van der Waals surface area contributed by atoms with Crippen LogP contribution in [0.1, 0.15) is 21.0 Å². The van der Waals surface area contributed by atoms with Crippen molar-refractivity contribution in [2.24, 2.45) is 0 Å². The van der Waals surface area contributed by atoms with E-state index in [4.69, 9.17) is 0 Å². The molecule has 86 valence electrons. The molecule has 7 heteroatoms. The van der Waals surface area contributed by atoms with Gasteiger partial charge in [0.1, 0.15) is 11.4 Å². The number of aromatic nitrogens is 1. The molecule has 1 heterocycles. The second-order valence-electron chi connectivity index (χ2n) is 2.68. The summed E-state index contributed by atoms with van der Waals surface area (Å²) in [5.74, 6) is -1.07. The Kier molecular flexibility index (Phi) is 4.37. The lowest BCUT2D eigenvalue weighted by molar-refractivity contribution is 0.0523. The highest BCUT2D eigenvalue weighted by atomic mass is 16.6. The maximum Gasteiger partial charge on any atom is 0.293 e. The Morgan fingerprint density at radius 1 is 1.06 bits per heavy atom. The zero-order valence-corrected chi connectivity index (χ0v) is 8.81. The van der Waals surface area contributed by atoms with Gasteiger partial charge in [-0.2, -0.15) is 0 Å². The van der Waals surface area contributed by atoms with Gasteiger partial charge >= 0.3 is 0 Å². The molecule has 0 bridgehead atoms. The summed E-state index contributed by atoms with van der Waals surface area (Å²) in [6.45, 7) is 0. The number of nitrogens with one attached hydrogen (secondary N) is 2. The Morgan fingerprint density at radius 3 is 1.88 bits per heavy atom. The molecule has 0 fully saturated rings. The van der Waals surface area contributed by atoms with Crippen LogP contribution in [-0.2, 0) is 9.68 Å². The van der Waals surface area contributed by atoms with E-state index in [-0.39, 0.29) is 11.4 Å². The van der Waals surface area contributed by atoms with E-state index in [1.54, 1.807) is 0 Å². The molecule has 0 unspecified atom stereocenters. The molecule has 2 amide bonds. The molecule has 16 heavy (non-hydrogen) atoms. The lowest BCUT2D eigenvalue weighted by Gasteiger charge is -2.04. The van der Waals surface area contributed by atoms with Crippen molar-refractivity contribution >= 4 is 11.8 Å². The van der Waals surface area contributed by atoms with E-state index in [2.05, 4.69) is 25.6 Å². The normalized spacial score (nSPS) is 9.62. The summed E-state index contributed by atoms with van der Waals surface area (Å²) in [7, 11) is 2.61. The van der Waals surface area contributed by atoms with Crippen LogP contribution in [0.3, 0.4) is 0 Å². The summed E-state index contributed by atoms with van der Waals surface area (Å²) >= 11 is 0. The van der Waals surface area contributed by atoms with E-state index >= 15 is 0 Å². The fraction of sp³-hybridized carbons (Fsp3) is 0.222. The van der Waals surface area contributed by atoms with Crippen molar-refractivity contribution in [3.05, 3.63) is 29.6 Å². The van der Waals surface area contributed by atoms with Gasteiger partial charge in [-0.05, 0) is 12.1 Å². The highest BCUT2D eigenvalue weighted by molar-refractivity contribution is 5.95. The largest absolute Gasteiger partial charge is 0.293 e. The lowest BCUT2D eigenvalue weighted by Crippen LogP contribution is -2.26. The van der Waals surface area contributed by atoms with Crippen LogP contribution in [0.15, 0.2) is 18.2 Å². The topological polar surface area (TPSA) is 89.5 Å². The molecule has 1 aromatic rings. The smallest absolute Gasteiger partial charge is 0.277 e. The van der Waals surface area contributed by atoms with Crippen LogP contribution >= 0.6 is 0 Å². The number of rotatable bonds is 4. The molecule has 0 atom stereocenters. The van der Waals surface area contributed by atoms with Crippen molar-refractivity contribution < 1.29 is 19.3 Å². The molecule has 0 aliphatic rings. The summed E-state index contributed by atoms with van der Waals surface area (Å²) < 4.78 is 0. The summed E-state index contributed by atoms with van der Waals surface area (Å²) in [6, 6.07) is 4.44. The van der Waals surface area contributed by atoms with Crippen LogP contribution in [0.5, 0.6) is 0 Å². The zero-order chi connectivity index (χ0) is 12.0. The van der Waals surface area contributed by atoms with Crippen molar-refractivity contribution in [1.82, 2.24) is 15.9 Å². The van der Waals surface area contributed by atoms with E-state index in [1.807, 2.05) is 0 Å². The predicted molar refractivity (Wildman–Crippen MR) is 53.2 cm³/mol. The van der Waals surface area contributed by atoms with Gasteiger partial charge in [0.2, 0.25) is 0 Å². The third-order valence-electron chi connectivity index (χ3n) is 1.60. The number of hydroxylamine groups is 2. The number of hydrogen-bond donors (Lipinski definition) is 2. The quantitative estimate of drug-likeness (QED) is 0.684. The summed E-state index contributed by atoms with van der Waals surface area (Å²) in [6.07, 6.45) is 0. The number of pyridine rings is 1. The fourth-order valence-corrected chi connectivity index (χ4v) is 0.978. The second-order valence-corrected chi connectivity index (χ2v) is 2.68. The number of amides is 2. The Bertz CT molecular complexity index is 361. The van der Waals surface area contributed by atoms with Gasteiger partial charge in [-0.15, -0.1) is 0 Å². The molecule has 0 aliphatic carbocycles. The van der Waals surface area contributed by atoms with Gasteiger partial charge in [0.05, 0.1) is 14.2 Å². The number of carbonyl (C=O) groups is 2. The molecule has 0 spiro atoms. The van der Waals surface area contributed by atoms with Crippen LogP contribution < -0.4 is 11.0 Å². The van der Waals surface area contributed by atoms with E-state index in [0.717, 1.165) is 0 Å². The van der Waals surface area contributed by atoms with Gasteiger partial charge < -0.3 is 0 Å². The molecule has 1 aromatic heterocycles. The molecule has 1 rings (SSSR count). The standard InChI is InChI=1S/C9H11N3O4/c1-15-11-8(13)6-4-3-5-7(10-6)9(14)12-16-2/h3-5H,1-2H3,(H,11,13)(H,12,14). The minimum absolute atomic E-state index is 0.0746. The van der Waals surface area contributed by atoms with Gasteiger partial charge in [-0.3, -0.25) is 19.3 Å². The number of carbonyl (C=O) groups excluding carboxylic acids is 2. The van der Waals surface area contributed by atoms with E-state index in [9.17, 15) is 9.59 Å². The fourth-order valence-electron chi connectivity index (χ4n) is 0.978. The van der Waals surface area contributed by atoms with E-state index in [1.165, 1.54) is 32.4 Å². The van der Waals surface area contributed by atoms with Crippen molar-refractivity contribution in [1.29, 1.82) is 0 Å². The Morgan fingerprint density at radius 2 is 1.50 bits per heavy atom.